The Kier molecular flexibility index (Phi) is 3.27. The molecule has 0 saturated heterocycles. The molecule has 0 amide bonds. The summed E-state index contributed by atoms with van der Waals surface area (Å²) in [5.41, 5.74) is 6.21. The van der Waals surface area contributed by atoms with Crippen LogP contribution in [-0.4, -0.2) is 17.3 Å². The summed E-state index contributed by atoms with van der Waals surface area (Å²) >= 11 is 0. The molecule has 3 aromatic rings. The monoisotopic (exact) mass is 302 g/mol. The molecule has 2 heterocycles. The van der Waals surface area contributed by atoms with E-state index in [1.165, 1.54) is 10.9 Å². The third-order valence-electron chi connectivity index (χ3n) is 4.38. The van der Waals surface area contributed by atoms with Crippen LogP contribution in [0.4, 0.5) is 0 Å². The van der Waals surface area contributed by atoms with Gasteiger partial charge in [0.05, 0.1) is 11.4 Å². The molecule has 0 unspecified atom stereocenters. The molecule has 3 nitrogen and oxygen atoms in total. The van der Waals surface area contributed by atoms with E-state index >= 15 is 0 Å². The summed E-state index contributed by atoms with van der Waals surface area (Å²) in [5, 5.41) is 4.61. The van der Waals surface area contributed by atoms with Crippen LogP contribution in [-0.2, 0) is 6.42 Å². The van der Waals surface area contributed by atoms with Gasteiger partial charge in [-0.3, -0.25) is 4.79 Å². The maximum absolute atomic E-state index is 12.5. The minimum atomic E-state index is 0.0269. The summed E-state index contributed by atoms with van der Waals surface area (Å²) in [6.45, 7) is 2.87. The van der Waals surface area contributed by atoms with Gasteiger partial charge in [0.1, 0.15) is 0 Å². The van der Waals surface area contributed by atoms with E-state index in [1.54, 1.807) is 6.08 Å². The van der Waals surface area contributed by atoms with Gasteiger partial charge in [-0.05, 0) is 25.0 Å². The first-order valence-electron chi connectivity index (χ1n) is 7.89. The standard InChI is InChI=1S/C20H18N2O/c1-13-6-8-14(9-7-13)19(23)12-18-20-16(10-11-21-18)15-4-2-3-5-17(15)22-20/h2-9,12,21-22H,10-11H2,1H3/b18-12-. The molecule has 2 aromatic carbocycles. The third kappa shape index (κ3) is 2.44. The van der Waals surface area contributed by atoms with Gasteiger partial charge in [0, 0.05) is 29.1 Å². The maximum Gasteiger partial charge on any atom is 0.187 e. The van der Waals surface area contributed by atoms with Gasteiger partial charge >= 0.3 is 0 Å². The summed E-state index contributed by atoms with van der Waals surface area (Å²) in [5.74, 6) is 0.0269. The van der Waals surface area contributed by atoms with Gasteiger partial charge < -0.3 is 10.3 Å². The zero-order valence-corrected chi connectivity index (χ0v) is 13.0. The molecule has 1 aliphatic rings. The van der Waals surface area contributed by atoms with Crippen molar-refractivity contribution >= 4 is 22.4 Å². The summed E-state index contributed by atoms with van der Waals surface area (Å²) < 4.78 is 0. The molecular weight excluding hydrogens is 284 g/mol. The van der Waals surface area contributed by atoms with Gasteiger partial charge in [0.2, 0.25) is 0 Å². The molecule has 0 saturated carbocycles. The Hall–Kier alpha value is -2.81. The number of para-hydroxylation sites is 1. The van der Waals surface area contributed by atoms with E-state index in [4.69, 9.17) is 0 Å². The summed E-state index contributed by atoms with van der Waals surface area (Å²) in [4.78, 5) is 16.0. The molecule has 0 spiro atoms. The van der Waals surface area contributed by atoms with Crippen molar-refractivity contribution in [3.63, 3.8) is 0 Å². The lowest BCUT2D eigenvalue weighted by Crippen LogP contribution is -2.23. The van der Waals surface area contributed by atoms with Crippen molar-refractivity contribution in [1.29, 1.82) is 0 Å². The number of rotatable bonds is 2. The number of benzene rings is 2. The number of hydrogen-bond acceptors (Lipinski definition) is 2. The number of aromatic nitrogens is 1. The zero-order valence-electron chi connectivity index (χ0n) is 13.0. The average Bonchev–Trinajstić information content (AvgIpc) is 2.95. The third-order valence-corrected chi connectivity index (χ3v) is 4.38. The molecule has 114 valence electrons. The molecule has 0 aliphatic carbocycles. The summed E-state index contributed by atoms with van der Waals surface area (Å²) in [6, 6.07) is 16.0. The highest BCUT2D eigenvalue weighted by Gasteiger charge is 2.19. The minimum Gasteiger partial charge on any atom is -0.383 e. The summed E-state index contributed by atoms with van der Waals surface area (Å²) in [7, 11) is 0. The SMILES string of the molecule is Cc1ccc(C(=O)/C=C2\NCCc3c2[nH]c2ccccc32)cc1. The fourth-order valence-electron chi connectivity index (χ4n) is 3.16. The second-order valence-corrected chi connectivity index (χ2v) is 5.99. The van der Waals surface area contributed by atoms with E-state index in [0.29, 0.717) is 5.56 Å². The number of nitrogens with one attached hydrogen (secondary N) is 2. The normalized spacial score (nSPS) is 15.4. The molecule has 1 aliphatic heterocycles. The lowest BCUT2D eigenvalue weighted by Gasteiger charge is -2.17. The molecule has 4 rings (SSSR count). The Morgan fingerprint density at radius 1 is 1.09 bits per heavy atom. The predicted octanol–water partition coefficient (Wildman–Crippen LogP) is 3.85. The fourth-order valence-corrected chi connectivity index (χ4v) is 3.16. The van der Waals surface area contributed by atoms with Crippen molar-refractivity contribution in [2.24, 2.45) is 0 Å². The lowest BCUT2D eigenvalue weighted by molar-refractivity contribution is 0.104. The number of ketones is 1. The van der Waals surface area contributed by atoms with Crippen LogP contribution < -0.4 is 5.32 Å². The van der Waals surface area contributed by atoms with Crippen LogP contribution in [0, 0.1) is 6.92 Å². The molecule has 0 atom stereocenters. The Morgan fingerprint density at radius 2 is 1.87 bits per heavy atom. The number of aromatic amines is 1. The first-order chi connectivity index (χ1) is 11.2. The van der Waals surface area contributed by atoms with Crippen LogP contribution in [0.1, 0.15) is 27.2 Å². The van der Waals surface area contributed by atoms with Crippen LogP contribution in [0.25, 0.3) is 16.6 Å². The zero-order chi connectivity index (χ0) is 15.8. The molecule has 2 N–H and O–H groups in total. The number of aryl methyl sites for hydroxylation is 1. The lowest BCUT2D eigenvalue weighted by atomic mass is 10.0. The van der Waals surface area contributed by atoms with Gasteiger partial charge in [-0.25, -0.2) is 0 Å². The van der Waals surface area contributed by atoms with Gasteiger partial charge in [-0.1, -0.05) is 48.0 Å². The van der Waals surface area contributed by atoms with Crippen molar-refractivity contribution < 1.29 is 4.79 Å². The minimum absolute atomic E-state index is 0.0269. The average molecular weight is 302 g/mol. The first kappa shape index (κ1) is 13.8. The van der Waals surface area contributed by atoms with E-state index in [1.807, 2.05) is 37.3 Å². The number of carbonyl (C=O) groups excluding carboxylic acids is 1. The van der Waals surface area contributed by atoms with Gasteiger partial charge in [-0.2, -0.15) is 0 Å². The second-order valence-electron chi connectivity index (χ2n) is 5.99. The van der Waals surface area contributed by atoms with Crippen LogP contribution in [0.2, 0.25) is 0 Å². The Balaban J connectivity index is 1.76. The van der Waals surface area contributed by atoms with E-state index < -0.39 is 0 Å². The molecule has 0 fully saturated rings. The maximum atomic E-state index is 12.5. The van der Waals surface area contributed by atoms with Crippen LogP contribution in [0.3, 0.4) is 0 Å². The van der Waals surface area contributed by atoms with E-state index in [2.05, 4.69) is 28.5 Å². The van der Waals surface area contributed by atoms with Crippen molar-refractivity contribution in [2.45, 2.75) is 13.3 Å². The van der Waals surface area contributed by atoms with Gasteiger partial charge in [0.15, 0.2) is 5.78 Å². The van der Waals surface area contributed by atoms with Crippen molar-refractivity contribution in [2.75, 3.05) is 6.54 Å². The Labute approximate surface area is 135 Å². The van der Waals surface area contributed by atoms with E-state index in [0.717, 1.165) is 35.4 Å². The van der Waals surface area contributed by atoms with Crippen molar-refractivity contribution in [1.82, 2.24) is 10.3 Å². The quantitative estimate of drug-likeness (QED) is 0.558. The molecular formula is C20H18N2O. The molecule has 3 heteroatoms. The van der Waals surface area contributed by atoms with E-state index in [-0.39, 0.29) is 5.78 Å². The highest BCUT2D eigenvalue weighted by molar-refractivity contribution is 6.09. The fraction of sp³-hybridized carbons (Fsp3) is 0.150. The Bertz CT molecular complexity index is 916. The number of carbonyl (C=O) groups is 1. The van der Waals surface area contributed by atoms with Gasteiger partial charge in [-0.15, -0.1) is 0 Å². The first-order valence-corrected chi connectivity index (χ1v) is 7.89. The highest BCUT2D eigenvalue weighted by atomic mass is 16.1. The predicted molar refractivity (Wildman–Crippen MR) is 93.5 cm³/mol. The molecule has 23 heavy (non-hydrogen) atoms. The number of allylic oxidation sites excluding steroid dienone is 1. The van der Waals surface area contributed by atoms with Crippen molar-refractivity contribution in [3.8, 4) is 0 Å². The van der Waals surface area contributed by atoms with E-state index in [9.17, 15) is 4.79 Å². The van der Waals surface area contributed by atoms with Gasteiger partial charge in [0.25, 0.3) is 0 Å². The molecule has 0 radical (unpaired) electrons. The number of fused-ring (bicyclic) bond motifs is 3. The largest absolute Gasteiger partial charge is 0.383 e. The van der Waals surface area contributed by atoms with Crippen LogP contribution in [0.5, 0.6) is 0 Å². The summed E-state index contributed by atoms with van der Waals surface area (Å²) in [6.07, 6.45) is 2.67. The number of H-pyrrole nitrogens is 1. The van der Waals surface area contributed by atoms with Crippen LogP contribution in [0.15, 0.2) is 54.6 Å². The van der Waals surface area contributed by atoms with Crippen LogP contribution >= 0.6 is 0 Å². The smallest absolute Gasteiger partial charge is 0.187 e. The number of hydrogen-bond donors (Lipinski definition) is 2. The Morgan fingerprint density at radius 3 is 2.70 bits per heavy atom. The molecule has 0 bridgehead atoms. The topological polar surface area (TPSA) is 44.9 Å². The molecule has 1 aromatic heterocycles. The highest BCUT2D eigenvalue weighted by Crippen LogP contribution is 2.29. The van der Waals surface area contributed by atoms with Crippen molar-refractivity contribution in [3.05, 3.63) is 77.0 Å². The second kappa shape index (κ2) is 5.43.